The van der Waals surface area contributed by atoms with E-state index in [1.54, 1.807) is 0 Å². The normalized spacial score (nSPS) is 11.6. The Kier molecular flexibility index (Phi) is 4.90. The van der Waals surface area contributed by atoms with Gasteiger partial charge in [-0.05, 0) is 12.1 Å². The number of hydrogen-bond acceptors (Lipinski definition) is 5. The minimum Gasteiger partial charge on any atom is -0.478 e. The molecule has 0 aliphatic rings. The number of halogens is 1. The molecule has 0 saturated carbocycles. The molecule has 1 aromatic rings. The third-order valence-corrected chi connectivity index (χ3v) is 4.47. The van der Waals surface area contributed by atoms with Crippen LogP contribution >= 0.6 is 0 Å². The lowest BCUT2D eigenvalue weighted by atomic mass is 10.1. The fraction of sp³-hybridized carbons (Fsp3) is 0.364. The van der Waals surface area contributed by atoms with Gasteiger partial charge in [-0.25, -0.2) is 21.9 Å². The maximum absolute atomic E-state index is 13.2. The number of carbonyl (C=O) groups is 1. The first-order valence-electron chi connectivity index (χ1n) is 5.62. The highest BCUT2D eigenvalue weighted by atomic mass is 32.2. The van der Waals surface area contributed by atoms with Crippen LogP contribution in [0.15, 0.2) is 12.1 Å². The van der Waals surface area contributed by atoms with Gasteiger partial charge in [-0.2, -0.15) is 0 Å². The molecule has 0 aliphatic carbocycles. The van der Waals surface area contributed by atoms with Gasteiger partial charge in [0, 0.05) is 20.6 Å². The lowest BCUT2D eigenvalue weighted by Gasteiger charge is -2.14. The van der Waals surface area contributed by atoms with Gasteiger partial charge in [0.25, 0.3) is 0 Å². The van der Waals surface area contributed by atoms with Gasteiger partial charge in [-0.15, -0.1) is 0 Å². The average Bonchev–Trinajstić information content (AvgIpc) is 2.32. The molecular weight excluding hydrogens is 289 g/mol. The summed E-state index contributed by atoms with van der Waals surface area (Å²) in [6.07, 6.45) is 0. The first-order chi connectivity index (χ1) is 9.16. The Hall–Kier alpha value is -1.87. The van der Waals surface area contributed by atoms with Crippen molar-refractivity contribution in [2.45, 2.75) is 0 Å². The minimum atomic E-state index is -3.40. The van der Waals surface area contributed by atoms with Crippen molar-refractivity contribution in [3.8, 4) is 0 Å². The van der Waals surface area contributed by atoms with E-state index in [0.29, 0.717) is 0 Å². The number of benzene rings is 1. The van der Waals surface area contributed by atoms with Crippen molar-refractivity contribution in [2.75, 3.05) is 37.4 Å². The van der Waals surface area contributed by atoms with Crippen LogP contribution in [0.2, 0.25) is 0 Å². The number of hydrogen-bond donors (Lipinski definition) is 3. The summed E-state index contributed by atoms with van der Waals surface area (Å²) in [7, 11) is -0.608. The summed E-state index contributed by atoms with van der Waals surface area (Å²) < 4.78 is 37.4. The zero-order chi connectivity index (χ0) is 15.5. The van der Waals surface area contributed by atoms with Crippen LogP contribution in [0.5, 0.6) is 0 Å². The molecule has 0 heterocycles. The van der Waals surface area contributed by atoms with Gasteiger partial charge in [0.1, 0.15) is 11.4 Å². The van der Waals surface area contributed by atoms with E-state index in [1.165, 1.54) is 20.2 Å². The largest absolute Gasteiger partial charge is 0.478 e. The second kappa shape index (κ2) is 6.06. The molecule has 4 N–H and O–H groups in total. The van der Waals surface area contributed by atoms with E-state index in [4.69, 9.17) is 10.8 Å². The van der Waals surface area contributed by atoms with Crippen LogP contribution in [-0.4, -0.2) is 50.2 Å². The summed E-state index contributed by atoms with van der Waals surface area (Å²) in [5, 5.41) is 11.6. The first-order valence-corrected chi connectivity index (χ1v) is 7.23. The molecule has 9 heteroatoms. The van der Waals surface area contributed by atoms with Crippen molar-refractivity contribution in [1.82, 2.24) is 4.31 Å². The topological polar surface area (TPSA) is 113 Å². The molecule has 0 saturated heterocycles. The maximum Gasteiger partial charge on any atom is 0.340 e. The number of nitrogens with one attached hydrogen (secondary N) is 1. The molecule has 20 heavy (non-hydrogen) atoms. The Morgan fingerprint density at radius 2 is 2.05 bits per heavy atom. The molecule has 7 nitrogen and oxygen atoms in total. The Balaban J connectivity index is 2.90. The Bertz CT molecular complexity index is 616. The molecule has 0 spiro atoms. The van der Waals surface area contributed by atoms with Crippen molar-refractivity contribution in [3.05, 3.63) is 23.5 Å². The highest BCUT2D eigenvalue weighted by Crippen LogP contribution is 2.25. The highest BCUT2D eigenvalue weighted by Gasteiger charge is 2.18. The van der Waals surface area contributed by atoms with Gasteiger partial charge >= 0.3 is 5.97 Å². The lowest BCUT2D eigenvalue weighted by Crippen LogP contribution is -2.28. The minimum absolute atomic E-state index is 0.0220. The van der Waals surface area contributed by atoms with E-state index in [9.17, 15) is 17.6 Å². The number of nitrogen functional groups attached to an aromatic ring is 1. The summed E-state index contributed by atoms with van der Waals surface area (Å²) in [5.74, 6) is -2.45. The predicted molar refractivity (Wildman–Crippen MR) is 73.7 cm³/mol. The second-order valence-electron chi connectivity index (χ2n) is 4.21. The smallest absolute Gasteiger partial charge is 0.340 e. The van der Waals surface area contributed by atoms with Gasteiger partial charge in [-0.1, -0.05) is 0 Å². The SMILES string of the molecule is CN(C)S(=O)(=O)CCNc1ccc(F)c(N)c1C(=O)O. The van der Waals surface area contributed by atoms with E-state index >= 15 is 0 Å². The monoisotopic (exact) mass is 305 g/mol. The third kappa shape index (κ3) is 3.58. The van der Waals surface area contributed by atoms with E-state index in [-0.39, 0.29) is 18.0 Å². The van der Waals surface area contributed by atoms with Crippen LogP contribution in [0.25, 0.3) is 0 Å². The summed E-state index contributed by atoms with van der Waals surface area (Å²) in [5.41, 5.74) is 4.54. The molecule has 0 fully saturated rings. The van der Waals surface area contributed by atoms with Crippen LogP contribution in [0.3, 0.4) is 0 Å². The van der Waals surface area contributed by atoms with Crippen molar-refractivity contribution < 1.29 is 22.7 Å². The van der Waals surface area contributed by atoms with Gasteiger partial charge in [-0.3, -0.25) is 0 Å². The zero-order valence-electron chi connectivity index (χ0n) is 11.1. The molecular formula is C11H16FN3O4S. The van der Waals surface area contributed by atoms with Crippen LogP contribution in [0, 0.1) is 5.82 Å². The fourth-order valence-electron chi connectivity index (χ4n) is 1.47. The molecule has 0 unspecified atom stereocenters. The third-order valence-electron chi connectivity index (χ3n) is 2.64. The molecule has 0 atom stereocenters. The van der Waals surface area contributed by atoms with Gasteiger partial charge in [0.15, 0.2) is 0 Å². The van der Waals surface area contributed by atoms with Crippen molar-refractivity contribution in [3.63, 3.8) is 0 Å². The maximum atomic E-state index is 13.2. The summed E-state index contributed by atoms with van der Waals surface area (Å²) in [6.45, 7) is -0.0220. The van der Waals surface area contributed by atoms with E-state index in [2.05, 4.69) is 5.32 Å². The summed E-state index contributed by atoms with van der Waals surface area (Å²) in [6, 6.07) is 2.22. The number of anilines is 2. The molecule has 0 bridgehead atoms. The van der Waals surface area contributed by atoms with Crippen molar-refractivity contribution >= 4 is 27.4 Å². The zero-order valence-corrected chi connectivity index (χ0v) is 11.9. The molecule has 1 aromatic carbocycles. The van der Waals surface area contributed by atoms with Crippen LogP contribution in [0.4, 0.5) is 15.8 Å². The van der Waals surface area contributed by atoms with Gasteiger partial charge in [0.05, 0.1) is 17.1 Å². The number of rotatable bonds is 6. The number of aromatic carboxylic acids is 1. The second-order valence-corrected chi connectivity index (χ2v) is 6.52. The molecule has 0 aliphatic heterocycles. The molecule has 112 valence electrons. The van der Waals surface area contributed by atoms with Crippen LogP contribution in [-0.2, 0) is 10.0 Å². The predicted octanol–water partition coefficient (Wildman–Crippen LogP) is 0.409. The fourth-order valence-corrected chi connectivity index (χ4v) is 2.19. The van der Waals surface area contributed by atoms with Crippen LogP contribution in [0.1, 0.15) is 10.4 Å². The van der Waals surface area contributed by atoms with E-state index in [0.717, 1.165) is 10.4 Å². The van der Waals surface area contributed by atoms with Crippen molar-refractivity contribution in [1.29, 1.82) is 0 Å². The number of carboxylic acids is 1. The Morgan fingerprint density at radius 3 is 2.55 bits per heavy atom. The number of nitrogens with two attached hydrogens (primary N) is 1. The molecule has 0 amide bonds. The van der Waals surface area contributed by atoms with E-state index < -0.39 is 33.1 Å². The van der Waals surface area contributed by atoms with Gasteiger partial charge < -0.3 is 16.2 Å². The number of sulfonamides is 1. The molecule has 1 rings (SSSR count). The Morgan fingerprint density at radius 1 is 1.45 bits per heavy atom. The molecule has 0 radical (unpaired) electrons. The summed E-state index contributed by atoms with van der Waals surface area (Å²) >= 11 is 0. The van der Waals surface area contributed by atoms with Crippen LogP contribution < -0.4 is 11.1 Å². The summed E-state index contributed by atoms with van der Waals surface area (Å²) in [4.78, 5) is 11.0. The number of nitrogens with zero attached hydrogens (tertiary/aromatic N) is 1. The Labute approximate surface area is 116 Å². The first kappa shape index (κ1) is 16.2. The average molecular weight is 305 g/mol. The van der Waals surface area contributed by atoms with E-state index in [1.807, 2.05) is 0 Å². The van der Waals surface area contributed by atoms with Crippen molar-refractivity contribution in [2.24, 2.45) is 0 Å². The standard InChI is InChI=1S/C11H16FN3O4S/c1-15(2)20(18,19)6-5-14-8-4-3-7(12)10(13)9(8)11(16)17/h3-4,14H,5-6,13H2,1-2H3,(H,16,17). The molecule has 0 aromatic heterocycles. The quantitative estimate of drug-likeness (QED) is 0.656. The number of carboxylic acid groups (broad SMARTS) is 1. The highest BCUT2D eigenvalue weighted by molar-refractivity contribution is 7.89. The lowest BCUT2D eigenvalue weighted by molar-refractivity contribution is 0.0698. The van der Waals surface area contributed by atoms with Gasteiger partial charge in [0.2, 0.25) is 10.0 Å².